The van der Waals surface area contributed by atoms with Crippen molar-refractivity contribution in [3.05, 3.63) is 102 Å². The van der Waals surface area contributed by atoms with Crippen LogP contribution in [0.3, 0.4) is 0 Å². The number of ether oxygens (including phenoxy) is 1. The van der Waals surface area contributed by atoms with Gasteiger partial charge >= 0.3 is 5.97 Å². The van der Waals surface area contributed by atoms with Crippen LogP contribution < -0.4 is 10.6 Å². The van der Waals surface area contributed by atoms with Gasteiger partial charge in [0.25, 0.3) is 5.91 Å². The van der Waals surface area contributed by atoms with Crippen LogP contribution in [-0.2, 0) is 27.2 Å². The average Bonchev–Trinajstić information content (AvgIpc) is 2.84. The predicted octanol–water partition coefficient (Wildman–Crippen LogP) is 2.63. The van der Waals surface area contributed by atoms with Crippen LogP contribution in [0.4, 0.5) is 0 Å². The summed E-state index contributed by atoms with van der Waals surface area (Å²) in [6.45, 7) is 0. The summed E-state index contributed by atoms with van der Waals surface area (Å²) in [6, 6.07) is 22.4. The van der Waals surface area contributed by atoms with E-state index in [0.29, 0.717) is 5.56 Å². The molecular formula is C26H26N2O5. The quantitative estimate of drug-likeness (QED) is 0.439. The number of hydrogen-bond donors (Lipinski definition) is 3. The monoisotopic (exact) mass is 446 g/mol. The average molecular weight is 447 g/mol. The normalized spacial score (nSPS) is 12.3. The van der Waals surface area contributed by atoms with E-state index in [1.165, 1.54) is 31.4 Å². The van der Waals surface area contributed by atoms with E-state index in [2.05, 4.69) is 10.6 Å². The van der Waals surface area contributed by atoms with Crippen molar-refractivity contribution in [3.63, 3.8) is 0 Å². The van der Waals surface area contributed by atoms with Gasteiger partial charge in [0, 0.05) is 18.4 Å². The number of phenols is 1. The molecule has 0 aromatic heterocycles. The number of carbonyl (C=O) groups is 3. The molecule has 3 N–H and O–H groups in total. The van der Waals surface area contributed by atoms with Crippen LogP contribution in [0.25, 0.3) is 0 Å². The Labute approximate surface area is 192 Å². The van der Waals surface area contributed by atoms with Crippen LogP contribution in [0, 0.1) is 0 Å². The highest BCUT2D eigenvalue weighted by molar-refractivity contribution is 5.98. The Bertz CT molecular complexity index is 1070. The molecule has 7 heteroatoms. The molecule has 0 aliphatic carbocycles. The smallest absolute Gasteiger partial charge is 0.328 e. The lowest BCUT2D eigenvalue weighted by molar-refractivity contribution is -0.145. The van der Waals surface area contributed by atoms with E-state index in [9.17, 15) is 19.5 Å². The second-order valence-electron chi connectivity index (χ2n) is 7.54. The van der Waals surface area contributed by atoms with E-state index in [0.717, 1.165) is 11.1 Å². The maximum Gasteiger partial charge on any atom is 0.328 e. The lowest BCUT2D eigenvalue weighted by Crippen LogP contribution is -2.53. The lowest BCUT2D eigenvalue weighted by atomic mass is 10.0. The van der Waals surface area contributed by atoms with E-state index in [1.54, 1.807) is 0 Å². The summed E-state index contributed by atoms with van der Waals surface area (Å²) in [5.41, 5.74) is 2.01. The molecule has 2 amide bonds. The summed E-state index contributed by atoms with van der Waals surface area (Å²) in [5, 5.41) is 14.9. The van der Waals surface area contributed by atoms with Gasteiger partial charge in [-0.05, 0) is 35.4 Å². The number of phenolic OH excluding ortho intramolecular Hbond substituents is 1. The largest absolute Gasteiger partial charge is 0.508 e. The van der Waals surface area contributed by atoms with Gasteiger partial charge in [-0.2, -0.15) is 0 Å². The van der Waals surface area contributed by atoms with E-state index in [4.69, 9.17) is 4.74 Å². The molecule has 3 rings (SSSR count). The summed E-state index contributed by atoms with van der Waals surface area (Å²) >= 11 is 0. The van der Waals surface area contributed by atoms with Crippen LogP contribution in [0.15, 0.2) is 84.9 Å². The standard InChI is InChI=1S/C26H26N2O5/c1-33-26(32)23(17-19-10-6-3-7-11-19)28-25(31)22(16-18-8-4-2-5-9-18)27-24(30)20-12-14-21(29)15-13-20/h2-15,22-23,29H,16-17H2,1H3,(H,27,30)(H,28,31)/t22-,23-/m0/s1. The Morgan fingerprint density at radius 2 is 1.27 bits per heavy atom. The molecule has 33 heavy (non-hydrogen) atoms. The Kier molecular flexibility index (Phi) is 8.18. The fourth-order valence-electron chi connectivity index (χ4n) is 3.37. The summed E-state index contributed by atoms with van der Waals surface area (Å²) in [4.78, 5) is 38.3. The Hall–Kier alpha value is -4.13. The predicted molar refractivity (Wildman–Crippen MR) is 124 cm³/mol. The molecule has 0 saturated carbocycles. The number of aromatic hydroxyl groups is 1. The molecule has 0 bridgehead atoms. The molecular weight excluding hydrogens is 420 g/mol. The maximum atomic E-state index is 13.2. The van der Waals surface area contributed by atoms with E-state index >= 15 is 0 Å². The Morgan fingerprint density at radius 1 is 0.758 bits per heavy atom. The first kappa shape index (κ1) is 23.5. The zero-order valence-electron chi connectivity index (χ0n) is 18.2. The molecule has 0 spiro atoms. The highest BCUT2D eigenvalue weighted by Crippen LogP contribution is 2.11. The second kappa shape index (κ2) is 11.5. The molecule has 7 nitrogen and oxygen atoms in total. The molecule has 0 unspecified atom stereocenters. The van der Waals surface area contributed by atoms with E-state index < -0.39 is 29.9 Å². The molecule has 0 fully saturated rings. The number of esters is 1. The minimum Gasteiger partial charge on any atom is -0.508 e. The SMILES string of the molecule is COC(=O)[C@H](Cc1ccccc1)NC(=O)[C@H](Cc1ccccc1)NC(=O)c1ccc(O)cc1. The third-order valence-electron chi connectivity index (χ3n) is 5.12. The molecule has 170 valence electrons. The number of methoxy groups -OCH3 is 1. The molecule has 0 saturated heterocycles. The Balaban J connectivity index is 1.79. The van der Waals surface area contributed by atoms with Gasteiger partial charge in [-0.15, -0.1) is 0 Å². The van der Waals surface area contributed by atoms with Crippen molar-refractivity contribution < 1.29 is 24.2 Å². The third-order valence-corrected chi connectivity index (χ3v) is 5.12. The minimum absolute atomic E-state index is 0.0342. The van der Waals surface area contributed by atoms with Gasteiger partial charge in [0.05, 0.1) is 7.11 Å². The molecule has 0 aliphatic rings. The summed E-state index contributed by atoms with van der Waals surface area (Å²) < 4.78 is 4.88. The number of carbonyl (C=O) groups excluding carboxylic acids is 3. The van der Waals surface area contributed by atoms with Gasteiger partial charge in [0.2, 0.25) is 5.91 Å². The van der Waals surface area contributed by atoms with Gasteiger partial charge in [-0.1, -0.05) is 60.7 Å². The maximum absolute atomic E-state index is 13.2. The van der Waals surface area contributed by atoms with Crippen molar-refractivity contribution in [1.82, 2.24) is 10.6 Å². The fourth-order valence-corrected chi connectivity index (χ4v) is 3.37. The van der Waals surface area contributed by atoms with Crippen molar-refractivity contribution in [2.24, 2.45) is 0 Å². The number of benzene rings is 3. The van der Waals surface area contributed by atoms with Gasteiger partial charge in [-0.25, -0.2) is 4.79 Å². The van der Waals surface area contributed by atoms with Crippen LogP contribution in [0.2, 0.25) is 0 Å². The van der Waals surface area contributed by atoms with E-state index in [1.807, 2.05) is 60.7 Å². The first-order chi connectivity index (χ1) is 16.0. The third kappa shape index (κ3) is 6.93. The number of nitrogens with one attached hydrogen (secondary N) is 2. The minimum atomic E-state index is -0.934. The number of amides is 2. The van der Waals surface area contributed by atoms with Crippen LogP contribution in [0.1, 0.15) is 21.5 Å². The molecule has 0 heterocycles. The molecule has 0 aliphatic heterocycles. The topological polar surface area (TPSA) is 105 Å². The van der Waals surface area contributed by atoms with E-state index in [-0.39, 0.29) is 18.6 Å². The van der Waals surface area contributed by atoms with Crippen molar-refractivity contribution in [2.75, 3.05) is 7.11 Å². The van der Waals surface area contributed by atoms with Crippen LogP contribution in [-0.4, -0.2) is 42.1 Å². The lowest BCUT2D eigenvalue weighted by Gasteiger charge is -2.22. The van der Waals surface area contributed by atoms with Crippen molar-refractivity contribution in [2.45, 2.75) is 24.9 Å². The first-order valence-electron chi connectivity index (χ1n) is 10.5. The fraction of sp³-hybridized carbons (Fsp3) is 0.192. The Morgan fingerprint density at radius 3 is 1.79 bits per heavy atom. The summed E-state index contributed by atoms with van der Waals surface area (Å²) in [7, 11) is 1.26. The second-order valence-corrected chi connectivity index (χ2v) is 7.54. The zero-order chi connectivity index (χ0) is 23.6. The highest BCUT2D eigenvalue weighted by atomic mass is 16.5. The first-order valence-corrected chi connectivity index (χ1v) is 10.5. The van der Waals surface area contributed by atoms with Gasteiger partial charge in [0.15, 0.2) is 0 Å². The van der Waals surface area contributed by atoms with Gasteiger partial charge < -0.3 is 20.5 Å². The van der Waals surface area contributed by atoms with Crippen LogP contribution >= 0.6 is 0 Å². The highest BCUT2D eigenvalue weighted by Gasteiger charge is 2.28. The van der Waals surface area contributed by atoms with Crippen molar-refractivity contribution in [1.29, 1.82) is 0 Å². The van der Waals surface area contributed by atoms with Crippen molar-refractivity contribution in [3.8, 4) is 5.75 Å². The number of hydrogen-bond acceptors (Lipinski definition) is 5. The van der Waals surface area contributed by atoms with Crippen LogP contribution in [0.5, 0.6) is 5.75 Å². The summed E-state index contributed by atoms with van der Waals surface area (Å²) in [5.74, 6) is -1.51. The molecule has 0 radical (unpaired) electrons. The number of rotatable bonds is 9. The zero-order valence-corrected chi connectivity index (χ0v) is 18.2. The molecule has 2 atom stereocenters. The summed E-state index contributed by atoms with van der Waals surface area (Å²) in [6.07, 6.45) is 0.485. The van der Waals surface area contributed by atoms with Gasteiger partial charge in [-0.3, -0.25) is 9.59 Å². The van der Waals surface area contributed by atoms with Gasteiger partial charge in [0.1, 0.15) is 17.8 Å². The molecule has 3 aromatic carbocycles. The van der Waals surface area contributed by atoms with Crippen molar-refractivity contribution >= 4 is 17.8 Å². The molecule has 3 aromatic rings.